The SMILES string of the molecule is CC(C)(CCNC(=O)c1cc(O)cc(O)c1)CCC(=O)O. The minimum absolute atomic E-state index is 0.0986. The summed E-state index contributed by atoms with van der Waals surface area (Å²) in [5, 5.41) is 30.0. The highest BCUT2D eigenvalue weighted by atomic mass is 16.4. The van der Waals surface area contributed by atoms with E-state index < -0.39 is 11.9 Å². The number of phenolic OH excluding ortho intramolecular Hbond substituents is 2. The van der Waals surface area contributed by atoms with Crippen LogP contribution in [0, 0.1) is 5.41 Å². The quantitative estimate of drug-likeness (QED) is 0.616. The third-order valence-corrected chi connectivity index (χ3v) is 3.27. The number of amides is 1. The van der Waals surface area contributed by atoms with E-state index >= 15 is 0 Å². The fourth-order valence-electron chi connectivity index (χ4n) is 1.91. The van der Waals surface area contributed by atoms with Crippen LogP contribution < -0.4 is 5.32 Å². The van der Waals surface area contributed by atoms with Crippen LogP contribution in [0.2, 0.25) is 0 Å². The molecule has 21 heavy (non-hydrogen) atoms. The van der Waals surface area contributed by atoms with Gasteiger partial charge in [-0.25, -0.2) is 0 Å². The summed E-state index contributed by atoms with van der Waals surface area (Å²) in [7, 11) is 0. The fourth-order valence-corrected chi connectivity index (χ4v) is 1.91. The van der Waals surface area contributed by atoms with Crippen molar-refractivity contribution in [2.45, 2.75) is 33.1 Å². The Bertz CT molecular complexity index is 505. The van der Waals surface area contributed by atoms with E-state index in [1.807, 2.05) is 13.8 Å². The van der Waals surface area contributed by atoms with Crippen LogP contribution in [0.4, 0.5) is 0 Å². The number of rotatable bonds is 7. The number of hydrogen-bond donors (Lipinski definition) is 4. The summed E-state index contributed by atoms with van der Waals surface area (Å²) in [6.07, 6.45) is 1.27. The third kappa shape index (κ3) is 6.16. The molecule has 0 aromatic heterocycles. The Morgan fingerprint density at radius 2 is 1.67 bits per heavy atom. The third-order valence-electron chi connectivity index (χ3n) is 3.27. The molecule has 1 amide bonds. The predicted octanol–water partition coefficient (Wildman–Crippen LogP) is 2.11. The largest absolute Gasteiger partial charge is 0.508 e. The van der Waals surface area contributed by atoms with Gasteiger partial charge in [0.1, 0.15) is 11.5 Å². The van der Waals surface area contributed by atoms with Crippen LogP contribution in [0.1, 0.15) is 43.5 Å². The number of aromatic hydroxyl groups is 2. The van der Waals surface area contributed by atoms with Gasteiger partial charge in [-0.3, -0.25) is 9.59 Å². The lowest BCUT2D eigenvalue weighted by Crippen LogP contribution is -2.28. The van der Waals surface area contributed by atoms with Crippen LogP contribution in [0.3, 0.4) is 0 Å². The molecule has 0 aliphatic heterocycles. The molecule has 6 heteroatoms. The van der Waals surface area contributed by atoms with Gasteiger partial charge in [-0.2, -0.15) is 0 Å². The Morgan fingerprint density at radius 1 is 1.10 bits per heavy atom. The molecule has 116 valence electrons. The lowest BCUT2D eigenvalue weighted by Gasteiger charge is -2.23. The lowest BCUT2D eigenvalue weighted by atomic mass is 9.84. The van der Waals surface area contributed by atoms with E-state index in [4.69, 9.17) is 5.11 Å². The summed E-state index contributed by atoms with van der Waals surface area (Å²) in [6.45, 7) is 4.28. The van der Waals surface area contributed by atoms with Crippen LogP contribution in [-0.4, -0.2) is 33.7 Å². The zero-order chi connectivity index (χ0) is 16.0. The number of aliphatic carboxylic acids is 1. The van der Waals surface area contributed by atoms with Gasteiger partial charge in [-0.15, -0.1) is 0 Å². The number of carbonyl (C=O) groups excluding carboxylic acids is 1. The highest BCUT2D eigenvalue weighted by Crippen LogP contribution is 2.26. The molecule has 0 saturated heterocycles. The number of benzene rings is 1. The van der Waals surface area contributed by atoms with Gasteiger partial charge in [-0.1, -0.05) is 13.8 Å². The van der Waals surface area contributed by atoms with E-state index in [1.165, 1.54) is 12.1 Å². The Labute approximate surface area is 123 Å². The van der Waals surface area contributed by atoms with Gasteiger partial charge in [-0.05, 0) is 30.4 Å². The van der Waals surface area contributed by atoms with E-state index in [2.05, 4.69) is 5.32 Å². The molecule has 0 heterocycles. The summed E-state index contributed by atoms with van der Waals surface area (Å²) in [6, 6.07) is 3.68. The first-order valence-electron chi connectivity index (χ1n) is 6.73. The first-order valence-corrected chi connectivity index (χ1v) is 6.73. The van der Waals surface area contributed by atoms with Gasteiger partial charge in [0.2, 0.25) is 0 Å². The molecule has 4 N–H and O–H groups in total. The average Bonchev–Trinajstić information content (AvgIpc) is 2.35. The maximum Gasteiger partial charge on any atom is 0.303 e. The molecule has 6 nitrogen and oxygen atoms in total. The zero-order valence-electron chi connectivity index (χ0n) is 12.2. The minimum atomic E-state index is -0.831. The van der Waals surface area contributed by atoms with Gasteiger partial charge in [0.25, 0.3) is 5.91 Å². The van der Waals surface area contributed by atoms with Crippen LogP contribution >= 0.6 is 0 Å². The van der Waals surface area contributed by atoms with Crippen molar-refractivity contribution in [3.8, 4) is 11.5 Å². The van der Waals surface area contributed by atoms with Gasteiger partial charge < -0.3 is 20.6 Å². The molecule has 0 unspecified atom stereocenters. The molecule has 1 rings (SSSR count). The molecule has 0 spiro atoms. The normalized spacial score (nSPS) is 11.1. The number of carbonyl (C=O) groups is 2. The highest BCUT2D eigenvalue weighted by molar-refractivity contribution is 5.95. The number of carboxylic acids is 1. The topological polar surface area (TPSA) is 107 Å². The van der Waals surface area contributed by atoms with Gasteiger partial charge >= 0.3 is 5.97 Å². The second kappa shape index (κ2) is 6.97. The molecule has 0 aliphatic rings. The zero-order valence-corrected chi connectivity index (χ0v) is 12.2. The number of nitrogens with one attached hydrogen (secondary N) is 1. The molecule has 1 aromatic carbocycles. The molecule has 0 saturated carbocycles. The summed E-state index contributed by atoms with van der Waals surface area (Å²) >= 11 is 0. The van der Waals surface area contributed by atoms with E-state index in [9.17, 15) is 19.8 Å². The van der Waals surface area contributed by atoms with Crippen molar-refractivity contribution >= 4 is 11.9 Å². The monoisotopic (exact) mass is 295 g/mol. The molecule has 0 fully saturated rings. The van der Waals surface area contributed by atoms with E-state index in [1.54, 1.807) is 0 Å². The van der Waals surface area contributed by atoms with Gasteiger partial charge in [0.05, 0.1) is 0 Å². The maximum atomic E-state index is 11.9. The summed E-state index contributed by atoms with van der Waals surface area (Å²) in [4.78, 5) is 22.4. The molecule has 0 atom stereocenters. The van der Waals surface area contributed by atoms with E-state index in [0.717, 1.165) is 6.07 Å². The van der Waals surface area contributed by atoms with Crippen molar-refractivity contribution in [2.24, 2.45) is 5.41 Å². The molecule has 0 bridgehead atoms. The first-order chi connectivity index (χ1) is 9.69. The number of phenols is 2. The molecular weight excluding hydrogens is 274 g/mol. The molecule has 1 aromatic rings. The van der Waals surface area contributed by atoms with Crippen molar-refractivity contribution in [2.75, 3.05) is 6.54 Å². The summed E-state index contributed by atoms with van der Waals surface area (Å²) in [5.74, 6) is -1.58. The van der Waals surface area contributed by atoms with E-state index in [0.29, 0.717) is 19.4 Å². The van der Waals surface area contributed by atoms with Crippen molar-refractivity contribution in [3.05, 3.63) is 23.8 Å². The fraction of sp³-hybridized carbons (Fsp3) is 0.467. The maximum absolute atomic E-state index is 11.9. The smallest absolute Gasteiger partial charge is 0.303 e. The standard InChI is InChI=1S/C15H21NO5/c1-15(2,4-3-13(19)20)5-6-16-14(21)10-7-11(17)9-12(18)8-10/h7-9,17-18H,3-6H2,1-2H3,(H,16,21)(H,19,20). The molecular formula is C15H21NO5. The number of hydrogen-bond acceptors (Lipinski definition) is 4. The second-order valence-corrected chi connectivity index (χ2v) is 5.80. The van der Waals surface area contributed by atoms with Crippen LogP contribution in [0.5, 0.6) is 11.5 Å². The van der Waals surface area contributed by atoms with Crippen molar-refractivity contribution in [1.29, 1.82) is 0 Å². The first kappa shape index (κ1) is 16.8. The Hall–Kier alpha value is -2.24. The predicted molar refractivity (Wildman–Crippen MR) is 77.4 cm³/mol. The molecule has 0 aliphatic carbocycles. The summed E-state index contributed by atoms with van der Waals surface area (Å²) < 4.78 is 0. The summed E-state index contributed by atoms with van der Waals surface area (Å²) in [5.41, 5.74) is -0.0112. The Morgan fingerprint density at radius 3 is 2.19 bits per heavy atom. The number of carboxylic acid groups (broad SMARTS) is 1. The van der Waals surface area contributed by atoms with Crippen molar-refractivity contribution < 1.29 is 24.9 Å². The van der Waals surface area contributed by atoms with Gasteiger partial charge in [0, 0.05) is 24.6 Å². The van der Waals surface area contributed by atoms with Crippen LogP contribution in [0.15, 0.2) is 18.2 Å². The van der Waals surface area contributed by atoms with Crippen LogP contribution in [0.25, 0.3) is 0 Å². The van der Waals surface area contributed by atoms with Crippen LogP contribution in [-0.2, 0) is 4.79 Å². The van der Waals surface area contributed by atoms with Gasteiger partial charge in [0.15, 0.2) is 0 Å². The lowest BCUT2D eigenvalue weighted by molar-refractivity contribution is -0.137. The Kier molecular flexibility index (Phi) is 5.58. The highest BCUT2D eigenvalue weighted by Gasteiger charge is 2.19. The Balaban J connectivity index is 2.47. The average molecular weight is 295 g/mol. The van der Waals surface area contributed by atoms with Crippen molar-refractivity contribution in [1.82, 2.24) is 5.32 Å². The second-order valence-electron chi connectivity index (χ2n) is 5.80. The van der Waals surface area contributed by atoms with Crippen molar-refractivity contribution in [3.63, 3.8) is 0 Å². The molecule has 0 radical (unpaired) electrons. The van der Waals surface area contributed by atoms with E-state index in [-0.39, 0.29) is 28.9 Å². The minimum Gasteiger partial charge on any atom is -0.508 e.